The number of nitrogens with zero attached hydrogens (tertiary/aromatic N) is 1. The molecule has 0 bridgehead atoms. The molecule has 0 aliphatic heterocycles. The molecule has 1 unspecified atom stereocenters. The number of hydrogen-bond donors (Lipinski definition) is 4. The summed E-state index contributed by atoms with van der Waals surface area (Å²) in [6.07, 6.45) is 0.0814. The van der Waals surface area contributed by atoms with Crippen molar-refractivity contribution in [1.82, 2.24) is 9.88 Å². The van der Waals surface area contributed by atoms with Crippen molar-refractivity contribution < 1.29 is 20.1 Å². The number of aliphatic hydroxyl groups excluding tert-OH is 2. The standard InChI is InChI=1S/C16H18N2O5/c19-9-7-17-13(21)10-18-8-6-12(20)16(23)14(18)15(22)11-4-2-1-3-5-11/h1-6,8,15,19,22-23H,7,9-10H2,(H,17,21). The Morgan fingerprint density at radius 2 is 1.91 bits per heavy atom. The molecular formula is C16H18N2O5. The van der Waals surface area contributed by atoms with Gasteiger partial charge in [-0.05, 0) is 5.56 Å². The molecule has 4 N–H and O–H groups in total. The van der Waals surface area contributed by atoms with Crippen molar-refractivity contribution in [3.8, 4) is 5.75 Å². The van der Waals surface area contributed by atoms with Crippen LogP contribution in [-0.4, -0.2) is 38.9 Å². The first-order valence-corrected chi connectivity index (χ1v) is 7.07. The van der Waals surface area contributed by atoms with Crippen molar-refractivity contribution >= 4 is 5.91 Å². The summed E-state index contributed by atoms with van der Waals surface area (Å²) in [5.74, 6) is -1.01. The number of amides is 1. The maximum atomic E-state index is 11.8. The fourth-order valence-corrected chi connectivity index (χ4v) is 2.20. The summed E-state index contributed by atoms with van der Waals surface area (Å²) in [6.45, 7) is -0.296. The van der Waals surface area contributed by atoms with E-state index < -0.39 is 23.2 Å². The summed E-state index contributed by atoms with van der Waals surface area (Å²) in [7, 11) is 0. The molecule has 0 aliphatic carbocycles. The van der Waals surface area contributed by atoms with Crippen LogP contribution in [0.1, 0.15) is 17.4 Å². The van der Waals surface area contributed by atoms with Gasteiger partial charge in [-0.25, -0.2) is 0 Å². The average Bonchev–Trinajstić information content (AvgIpc) is 2.57. The van der Waals surface area contributed by atoms with Gasteiger partial charge in [-0.2, -0.15) is 0 Å². The van der Waals surface area contributed by atoms with Crippen molar-refractivity contribution in [3.05, 3.63) is 64.1 Å². The Balaban J connectivity index is 2.38. The van der Waals surface area contributed by atoms with Crippen LogP contribution >= 0.6 is 0 Å². The van der Waals surface area contributed by atoms with Crippen LogP contribution in [-0.2, 0) is 11.3 Å². The van der Waals surface area contributed by atoms with Crippen molar-refractivity contribution in [2.45, 2.75) is 12.6 Å². The maximum absolute atomic E-state index is 11.8. The fraction of sp³-hybridized carbons (Fsp3) is 0.250. The number of hydrogen-bond acceptors (Lipinski definition) is 5. The van der Waals surface area contributed by atoms with Crippen LogP contribution in [0.4, 0.5) is 0 Å². The number of carbonyl (C=O) groups excluding carboxylic acids is 1. The quantitative estimate of drug-likeness (QED) is 0.586. The number of aromatic hydroxyl groups is 1. The highest BCUT2D eigenvalue weighted by Crippen LogP contribution is 2.26. The predicted molar refractivity (Wildman–Crippen MR) is 83.0 cm³/mol. The second-order valence-corrected chi connectivity index (χ2v) is 4.93. The zero-order valence-corrected chi connectivity index (χ0v) is 12.3. The van der Waals surface area contributed by atoms with Crippen molar-refractivity contribution in [2.75, 3.05) is 13.2 Å². The van der Waals surface area contributed by atoms with Crippen molar-refractivity contribution in [2.24, 2.45) is 0 Å². The van der Waals surface area contributed by atoms with E-state index in [1.807, 2.05) is 0 Å². The highest BCUT2D eigenvalue weighted by Gasteiger charge is 2.21. The van der Waals surface area contributed by atoms with Gasteiger partial charge in [-0.1, -0.05) is 30.3 Å². The summed E-state index contributed by atoms with van der Waals surface area (Å²) in [5, 5.41) is 31.7. The van der Waals surface area contributed by atoms with Gasteiger partial charge in [0.1, 0.15) is 12.6 Å². The highest BCUT2D eigenvalue weighted by molar-refractivity contribution is 5.75. The smallest absolute Gasteiger partial charge is 0.240 e. The van der Waals surface area contributed by atoms with Crippen LogP contribution in [0.3, 0.4) is 0 Å². The largest absolute Gasteiger partial charge is 0.503 e. The fourth-order valence-electron chi connectivity index (χ4n) is 2.20. The summed E-state index contributed by atoms with van der Waals surface area (Å²) < 4.78 is 1.31. The second-order valence-electron chi connectivity index (χ2n) is 4.93. The predicted octanol–water partition coefficient (Wildman–Crippen LogP) is -0.256. The average molecular weight is 318 g/mol. The van der Waals surface area contributed by atoms with Gasteiger partial charge < -0.3 is 25.2 Å². The zero-order valence-electron chi connectivity index (χ0n) is 12.3. The first kappa shape index (κ1) is 16.7. The highest BCUT2D eigenvalue weighted by atomic mass is 16.3. The van der Waals surface area contributed by atoms with Gasteiger partial charge in [-0.15, -0.1) is 0 Å². The van der Waals surface area contributed by atoms with Gasteiger partial charge in [0.05, 0.1) is 12.3 Å². The van der Waals surface area contributed by atoms with Gasteiger partial charge in [0.25, 0.3) is 0 Å². The van der Waals surface area contributed by atoms with E-state index in [4.69, 9.17) is 5.11 Å². The molecule has 2 aromatic rings. The number of benzene rings is 1. The van der Waals surface area contributed by atoms with Crippen LogP contribution < -0.4 is 10.7 Å². The third-order valence-electron chi connectivity index (χ3n) is 3.31. The lowest BCUT2D eigenvalue weighted by Crippen LogP contribution is -2.31. The van der Waals surface area contributed by atoms with E-state index in [0.29, 0.717) is 5.56 Å². The molecule has 1 aromatic carbocycles. The van der Waals surface area contributed by atoms with E-state index in [1.54, 1.807) is 30.3 Å². The van der Waals surface area contributed by atoms with E-state index in [0.717, 1.165) is 6.07 Å². The Morgan fingerprint density at radius 3 is 2.57 bits per heavy atom. The minimum absolute atomic E-state index is 0.0529. The van der Waals surface area contributed by atoms with E-state index in [2.05, 4.69) is 5.32 Å². The number of carbonyl (C=O) groups is 1. The maximum Gasteiger partial charge on any atom is 0.240 e. The SMILES string of the molecule is O=C(Cn1ccc(=O)c(O)c1C(O)c1ccccc1)NCCO. The normalized spacial score (nSPS) is 11.9. The van der Waals surface area contributed by atoms with Crippen LogP contribution in [0.5, 0.6) is 5.75 Å². The lowest BCUT2D eigenvalue weighted by atomic mass is 10.0. The van der Waals surface area contributed by atoms with E-state index in [1.165, 1.54) is 10.8 Å². The molecule has 122 valence electrons. The van der Waals surface area contributed by atoms with E-state index >= 15 is 0 Å². The minimum atomic E-state index is -1.25. The number of aliphatic hydroxyl groups is 2. The van der Waals surface area contributed by atoms with Crippen molar-refractivity contribution in [3.63, 3.8) is 0 Å². The summed E-state index contributed by atoms with van der Waals surface area (Å²) in [4.78, 5) is 23.5. The van der Waals surface area contributed by atoms with E-state index in [-0.39, 0.29) is 25.4 Å². The molecule has 0 saturated carbocycles. The van der Waals surface area contributed by atoms with Crippen LogP contribution in [0.15, 0.2) is 47.4 Å². The zero-order chi connectivity index (χ0) is 16.8. The van der Waals surface area contributed by atoms with Crippen LogP contribution in [0.25, 0.3) is 0 Å². The molecule has 1 aromatic heterocycles. The Hall–Kier alpha value is -2.64. The third-order valence-corrected chi connectivity index (χ3v) is 3.31. The number of aromatic nitrogens is 1. The molecular weight excluding hydrogens is 300 g/mol. The number of pyridine rings is 1. The monoisotopic (exact) mass is 318 g/mol. The van der Waals surface area contributed by atoms with Crippen LogP contribution in [0, 0.1) is 0 Å². The van der Waals surface area contributed by atoms with Gasteiger partial charge >= 0.3 is 0 Å². The molecule has 7 heteroatoms. The second kappa shape index (κ2) is 7.57. The van der Waals surface area contributed by atoms with E-state index in [9.17, 15) is 19.8 Å². The molecule has 2 rings (SSSR count). The summed E-state index contributed by atoms with van der Waals surface area (Å²) >= 11 is 0. The molecule has 0 fully saturated rings. The molecule has 1 amide bonds. The van der Waals surface area contributed by atoms with Crippen LogP contribution in [0.2, 0.25) is 0 Å². The molecule has 1 heterocycles. The Kier molecular flexibility index (Phi) is 5.51. The first-order chi connectivity index (χ1) is 11.0. The first-order valence-electron chi connectivity index (χ1n) is 7.07. The summed E-state index contributed by atoms with van der Waals surface area (Å²) in [6, 6.07) is 9.63. The molecule has 0 aliphatic rings. The van der Waals surface area contributed by atoms with Gasteiger partial charge in [-0.3, -0.25) is 9.59 Å². The molecule has 0 spiro atoms. The Labute approximate surface area is 132 Å². The molecule has 1 atom stereocenters. The number of rotatable bonds is 6. The molecule has 7 nitrogen and oxygen atoms in total. The minimum Gasteiger partial charge on any atom is -0.503 e. The number of nitrogens with one attached hydrogen (secondary N) is 1. The molecule has 0 radical (unpaired) electrons. The Bertz CT molecular complexity index is 727. The van der Waals surface area contributed by atoms with Gasteiger partial charge in [0, 0.05) is 18.8 Å². The summed E-state index contributed by atoms with van der Waals surface area (Å²) in [5.41, 5.74) is -0.206. The van der Waals surface area contributed by atoms with Gasteiger partial charge in [0.15, 0.2) is 5.75 Å². The third kappa shape index (κ3) is 3.97. The topological polar surface area (TPSA) is 112 Å². The lowest BCUT2D eigenvalue weighted by molar-refractivity contribution is -0.121. The lowest BCUT2D eigenvalue weighted by Gasteiger charge is -2.19. The van der Waals surface area contributed by atoms with Gasteiger partial charge in [0.2, 0.25) is 11.3 Å². The Morgan fingerprint density at radius 1 is 1.22 bits per heavy atom. The molecule has 0 saturated heterocycles. The molecule has 23 heavy (non-hydrogen) atoms. The van der Waals surface area contributed by atoms with Crippen molar-refractivity contribution in [1.29, 1.82) is 0 Å².